The minimum atomic E-state index is -0.187. The summed E-state index contributed by atoms with van der Waals surface area (Å²) in [6.07, 6.45) is 2.06. The number of hydrogen-bond acceptors (Lipinski definition) is 4. The van der Waals surface area contributed by atoms with Crippen molar-refractivity contribution in [3.63, 3.8) is 0 Å². The van der Waals surface area contributed by atoms with Crippen LogP contribution in [0, 0.1) is 0 Å². The van der Waals surface area contributed by atoms with Gasteiger partial charge in [0.25, 0.3) is 0 Å². The fourth-order valence-electron chi connectivity index (χ4n) is 2.39. The fourth-order valence-corrected chi connectivity index (χ4v) is 2.62. The molecule has 1 atom stereocenters. The van der Waals surface area contributed by atoms with Crippen LogP contribution in [0.15, 0.2) is 47.5 Å². The van der Waals surface area contributed by atoms with Crippen molar-refractivity contribution in [2.75, 3.05) is 6.79 Å². The van der Waals surface area contributed by atoms with Crippen LogP contribution in [0.1, 0.15) is 22.8 Å². The average molecular weight is 330 g/mol. The maximum atomic E-state index is 12.1. The number of halogens is 1. The third-order valence-electron chi connectivity index (χ3n) is 3.55. The maximum Gasteiger partial charge on any atom is 0.231 e. The highest BCUT2D eigenvalue weighted by molar-refractivity contribution is 6.42. The summed E-state index contributed by atoms with van der Waals surface area (Å²) >= 11 is 6.01. The first-order valence-electron chi connectivity index (χ1n) is 7.34. The molecule has 5 heteroatoms. The number of ether oxygens (including phenoxy) is 2. The van der Waals surface area contributed by atoms with Crippen molar-refractivity contribution < 1.29 is 14.3 Å². The molecule has 23 heavy (non-hydrogen) atoms. The van der Waals surface area contributed by atoms with Crippen LogP contribution >= 0.6 is 11.6 Å². The Hall–Kier alpha value is -2.33. The van der Waals surface area contributed by atoms with E-state index in [1.54, 1.807) is 24.3 Å². The van der Waals surface area contributed by atoms with E-state index in [0.717, 1.165) is 17.1 Å². The first-order valence-corrected chi connectivity index (χ1v) is 7.72. The Labute approximate surface area is 139 Å². The molecule has 0 saturated heterocycles. The number of benzene rings is 2. The smallest absolute Gasteiger partial charge is 0.231 e. The Kier molecular flexibility index (Phi) is 4.63. The molecule has 1 heterocycles. The van der Waals surface area contributed by atoms with Gasteiger partial charge in [0, 0.05) is 5.56 Å². The van der Waals surface area contributed by atoms with E-state index in [9.17, 15) is 4.79 Å². The molecule has 0 N–H and O–H groups in total. The van der Waals surface area contributed by atoms with E-state index in [1.807, 2.05) is 25.1 Å². The van der Waals surface area contributed by atoms with Gasteiger partial charge in [-0.2, -0.15) is 0 Å². The largest absolute Gasteiger partial charge is 0.454 e. The van der Waals surface area contributed by atoms with Crippen LogP contribution in [-0.4, -0.2) is 24.8 Å². The maximum absolute atomic E-state index is 12.1. The van der Waals surface area contributed by atoms with Gasteiger partial charge in [-0.1, -0.05) is 29.8 Å². The van der Waals surface area contributed by atoms with E-state index >= 15 is 0 Å². The SMILES string of the molecule is CC(Cc1ccc2c(c1)OCO2)N=CC(=O)c1ccccc1Cl. The van der Waals surface area contributed by atoms with Gasteiger partial charge in [-0.15, -0.1) is 0 Å². The Morgan fingerprint density at radius 1 is 1.26 bits per heavy atom. The molecular weight excluding hydrogens is 314 g/mol. The number of nitrogens with zero attached hydrogens (tertiary/aromatic N) is 1. The zero-order chi connectivity index (χ0) is 16.2. The molecule has 0 aliphatic carbocycles. The van der Waals surface area contributed by atoms with Gasteiger partial charge in [0.2, 0.25) is 12.6 Å². The van der Waals surface area contributed by atoms with Crippen LogP contribution in [0.25, 0.3) is 0 Å². The average Bonchev–Trinajstić information content (AvgIpc) is 3.01. The Morgan fingerprint density at radius 3 is 2.87 bits per heavy atom. The molecule has 2 aromatic carbocycles. The van der Waals surface area contributed by atoms with Crippen molar-refractivity contribution in [3.8, 4) is 11.5 Å². The predicted octanol–water partition coefficient (Wildman–Crippen LogP) is 3.95. The molecule has 0 amide bonds. The summed E-state index contributed by atoms with van der Waals surface area (Å²) in [4.78, 5) is 16.4. The Morgan fingerprint density at radius 2 is 2.04 bits per heavy atom. The number of Topliss-reactive ketones (excluding diaryl/α,β-unsaturated/α-hetero) is 1. The van der Waals surface area contributed by atoms with Crippen molar-refractivity contribution in [2.24, 2.45) is 4.99 Å². The van der Waals surface area contributed by atoms with E-state index in [0.29, 0.717) is 17.0 Å². The lowest BCUT2D eigenvalue weighted by Gasteiger charge is -2.07. The van der Waals surface area contributed by atoms with Crippen molar-refractivity contribution in [2.45, 2.75) is 19.4 Å². The lowest BCUT2D eigenvalue weighted by molar-refractivity contribution is 0.107. The summed E-state index contributed by atoms with van der Waals surface area (Å²) in [5.41, 5.74) is 1.55. The molecule has 4 nitrogen and oxygen atoms in total. The first kappa shape index (κ1) is 15.6. The van der Waals surface area contributed by atoms with Gasteiger partial charge in [-0.25, -0.2) is 0 Å². The van der Waals surface area contributed by atoms with Crippen molar-refractivity contribution in [1.82, 2.24) is 0 Å². The second kappa shape index (κ2) is 6.84. The van der Waals surface area contributed by atoms with Gasteiger partial charge in [-0.3, -0.25) is 9.79 Å². The highest BCUT2D eigenvalue weighted by Gasteiger charge is 2.14. The normalized spacial score (nSPS) is 14.2. The lowest BCUT2D eigenvalue weighted by atomic mass is 10.1. The van der Waals surface area contributed by atoms with Gasteiger partial charge in [-0.05, 0) is 43.2 Å². The molecule has 2 aromatic rings. The number of rotatable bonds is 5. The standard InChI is InChI=1S/C18H16ClNO3/c1-12(8-13-6-7-17-18(9-13)23-11-22-17)20-10-16(21)14-4-2-3-5-15(14)19/h2-7,9-10,12H,8,11H2,1H3. The van der Waals surface area contributed by atoms with Crippen LogP contribution in [0.2, 0.25) is 5.02 Å². The molecule has 3 rings (SSSR count). The molecule has 0 fully saturated rings. The topological polar surface area (TPSA) is 47.9 Å². The molecule has 1 unspecified atom stereocenters. The molecule has 1 aliphatic heterocycles. The number of hydrogen-bond donors (Lipinski definition) is 0. The van der Waals surface area contributed by atoms with Gasteiger partial charge in [0.05, 0.1) is 17.3 Å². The van der Waals surface area contributed by atoms with E-state index < -0.39 is 0 Å². The van der Waals surface area contributed by atoms with Crippen LogP contribution in [0.4, 0.5) is 0 Å². The van der Waals surface area contributed by atoms with E-state index in [-0.39, 0.29) is 18.6 Å². The number of aliphatic imine (C=N–C) groups is 1. The Bertz CT molecular complexity index is 758. The third-order valence-corrected chi connectivity index (χ3v) is 3.88. The van der Waals surface area contributed by atoms with Crippen molar-refractivity contribution >= 4 is 23.6 Å². The molecular formula is C18H16ClNO3. The summed E-state index contributed by atoms with van der Waals surface area (Å²) in [6.45, 7) is 2.22. The van der Waals surface area contributed by atoms with Crippen molar-refractivity contribution in [3.05, 3.63) is 58.6 Å². The van der Waals surface area contributed by atoms with Crippen LogP contribution in [-0.2, 0) is 6.42 Å². The highest BCUT2D eigenvalue weighted by atomic mass is 35.5. The Balaban J connectivity index is 1.64. The second-order valence-electron chi connectivity index (χ2n) is 5.36. The quantitative estimate of drug-likeness (QED) is 0.616. The van der Waals surface area contributed by atoms with Crippen LogP contribution in [0.5, 0.6) is 11.5 Å². The molecule has 1 aliphatic rings. The van der Waals surface area contributed by atoms with Gasteiger partial charge in [0.15, 0.2) is 11.5 Å². The summed E-state index contributed by atoms with van der Waals surface area (Å²) in [6, 6.07) is 12.8. The number of fused-ring (bicyclic) bond motifs is 1. The summed E-state index contributed by atoms with van der Waals surface area (Å²) < 4.78 is 10.6. The van der Waals surface area contributed by atoms with E-state index in [1.165, 1.54) is 6.21 Å². The lowest BCUT2D eigenvalue weighted by Crippen LogP contribution is -2.08. The summed E-state index contributed by atoms with van der Waals surface area (Å²) in [5, 5.41) is 0.437. The van der Waals surface area contributed by atoms with Gasteiger partial charge in [0.1, 0.15) is 0 Å². The monoisotopic (exact) mass is 329 g/mol. The summed E-state index contributed by atoms with van der Waals surface area (Å²) in [7, 11) is 0. The number of carbonyl (C=O) groups is 1. The molecule has 0 saturated carbocycles. The number of ketones is 1. The van der Waals surface area contributed by atoms with Gasteiger partial charge >= 0.3 is 0 Å². The minimum absolute atomic E-state index is 0.0261. The summed E-state index contributed by atoms with van der Waals surface area (Å²) in [5.74, 6) is 1.33. The molecule has 0 bridgehead atoms. The van der Waals surface area contributed by atoms with Gasteiger partial charge < -0.3 is 9.47 Å². The highest BCUT2D eigenvalue weighted by Crippen LogP contribution is 2.32. The van der Waals surface area contributed by atoms with Crippen molar-refractivity contribution in [1.29, 1.82) is 0 Å². The van der Waals surface area contributed by atoms with Crippen LogP contribution < -0.4 is 9.47 Å². The molecule has 0 spiro atoms. The van der Waals surface area contributed by atoms with E-state index in [4.69, 9.17) is 21.1 Å². The zero-order valence-corrected chi connectivity index (χ0v) is 13.4. The second-order valence-corrected chi connectivity index (χ2v) is 5.77. The fraction of sp³-hybridized carbons (Fsp3) is 0.222. The molecule has 0 aromatic heterocycles. The third kappa shape index (κ3) is 3.71. The predicted molar refractivity (Wildman–Crippen MR) is 90.0 cm³/mol. The van der Waals surface area contributed by atoms with E-state index in [2.05, 4.69) is 4.99 Å². The number of carbonyl (C=O) groups excluding carboxylic acids is 1. The minimum Gasteiger partial charge on any atom is -0.454 e. The first-order chi connectivity index (χ1) is 11.1. The van der Waals surface area contributed by atoms with Crippen LogP contribution in [0.3, 0.4) is 0 Å². The molecule has 0 radical (unpaired) electrons. The molecule has 118 valence electrons. The zero-order valence-electron chi connectivity index (χ0n) is 12.7.